The monoisotopic (exact) mass is 2280 g/mol. The van der Waals surface area contributed by atoms with E-state index in [4.69, 9.17) is 128 Å². The van der Waals surface area contributed by atoms with Crippen molar-refractivity contribution in [2.45, 2.75) is 0 Å². The van der Waals surface area contributed by atoms with Gasteiger partial charge in [-0.3, -0.25) is 0 Å². The Morgan fingerprint density at radius 3 is 0.578 bits per heavy atom. The van der Waals surface area contributed by atoms with Crippen molar-refractivity contribution in [2.75, 3.05) is 0 Å². The van der Waals surface area contributed by atoms with E-state index in [2.05, 4.69) is 69.8 Å². The van der Waals surface area contributed by atoms with Crippen molar-refractivity contribution in [1.29, 1.82) is 0 Å². The molecule has 0 aliphatic carbocycles. The normalized spacial score (nSPS) is 11.9. The van der Waals surface area contributed by atoms with Crippen molar-refractivity contribution in [2.24, 2.45) is 0 Å². The van der Waals surface area contributed by atoms with Crippen molar-refractivity contribution in [1.82, 2.24) is 105 Å². The molecule has 720 valence electrons. The van der Waals surface area contributed by atoms with Gasteiger partial charge < -0.3 is 74.8 Å². The molecule has 27 rings (SSSR count). The molecule has 2 radical (unpaired) electrons. The molecule has 48 heteroatoms. The summed E-state index contributed by atoms with van der Waals surface area (Å²) in [5.74, 6) is -20.0. The van der Waals surface area contributed by atoms with Gasteiger partial charge in [-0.2, -0.15) is 0 Å². The first-order valence-corrected chi connectivity index (χ1v) is 44.6. The van der Waals surface area contributed by atoms with Crippen LogP contribution in [0.5, 0.6) is 0 Å². The van der Waals surface area contributed by atoms with Crippen LogP contribution in [0, 0.1) is 93.1 Å². The van der Waals surface area contributed by atoms with E-state index in [1.807, 2.05) is 0 Å². The van der Waals surface area contributed by atoms with E-state index >= 15 is 35.1 Å². The van der Waals surface area contributed by atoms with Gasteiger partial charge in [-0.15, -0.1) is 0 Å². The van der Waals surface area contributed by atoms with Gasteiger partial charge in [-0.1, -0.05) is 92.8 Å². The summed E-state index contributed by atoms with van der Waals surface area (Å²) in [6.07, 6.45) is 0. The molecule has 6 aliphatic heterocycles. The van der Waals surface area contributed by atoms with Gasteiger partial charge >= 0.3 is 53.6 Å². The average molecular weight is 2290 g/mol. The van der Waals surface area contributed by atoms with Crippen molar-refractivity contribution < 1.29 is 124 Å². The summed E-state index contributed by atoms with van der Waals surface area (Å²) in [5.41, 5.74) is -2.39. The van der Waals surface area contributed by atoms with Crippen LogP contribution in [-0.2, 0) is 53.6 Å². The number of rotatable bonds is 0. The minimum absolute atomic E-state index is 0. The van der Waals surface area contributed by atoms with E-state index in [1.165, 1.54) is 0 Å². The van der Waals surface area contributed by atoms with Gasteiger partial charge in [0.2, 0.25) is 0 Å². The smallest absolute Gasteiger partial charge is 0.435 e. The molecule has 147 heavy (non-hydrogen) atoms. The zero-order valence-corrected chi connectivity index (χ0v) is 82.3. The molecule has 21 aromatic rings. The van der Waals surface area contributed by atoms with E-state index in [0.717, 1.165) is 109 Å². The second-order valence-corrected chi connectivity index (χ2v) is 35.7. The van der Waals surface area contributed by atoms with Crippen molar-refractivity contribution in [3.05, 3.63) is 297 Å². The molecular formula is C99H27Cl8Cu2F16N21Zn. The number of hydrogen-bond acceptors (Lipinski definition) is 15. The van der Waals surface area contributed by atoms with Crippen LogP contribution >= 0.6 is 92.8 Å². The number of fused-ring (bicyclic) bond motifs is 60. The number of hydrogen-bond donors (Lipinski definition) is 0. The first-order valence-electron chi connectivity index (χ1n) is 41.6. The van der Waals surface area contributed by atoms with Crippen molar-refractivity contribution >= 4 is 225 Å². The van der Waals surface area contributed by atoms with Gasteiger partial charge in [0.15, 0.2) is 46.5 Å². The molecule has 15 heterocycles. The van der Waals surface area contributed by atoms with Crippen LogP contribution < -0.4 is 29.9 Å². The maximum Gasteiger partial charge on any atom is 2.00 e. The van der Waals surface area contributed by atoms with E-state index in [0.29, 0.717) is 101 Å². The first-order chi connectivity index (χ1) is 69.1. The molecule has 0 atom stereocenters. The number of aromatic nitrogens is 21. The van der Waals surface area contributed by atoms with Gasteiger partial charge in [0, 0.05) is 78.4 Å². The topological polar surface area (TPSA) is 278 Å². The molecule has 24 bridgehead atoms. The van der Waals surface area contributed by atoms with Crippen LogP contribution in [0.4, 0.5) is 70.2 Å². The Balaban J connectivity index is 0.000000124. The maximum atomic E-state index is 15.3. The molecule has 0 amide bonds. The summed E-state index contributed by atoms with van der Waals surface area (Å²) in [6.45, 7) is 0. The third-order valence-corrected chi connectivity index (χ3v) is 26.8. The quantitative estimate of drug-likeness (QED) is 0.101. The Bertz CT molecular complexity index is 8220. The van der Waals surface area contributed by atoms with Crippen molar-refractivity contribution in [3.8, 4) is 136 Å². The third kappa shape index (κ3) is 15.7. The molecule has 9 aromatic heterocycles. The predicted molar refractivity (Wildman–Crippen MR) is 508 cm³/mol. The fourth-order valence-corrected chi connectivity index (χ4v) is 19.4. The molecule has 0 unspecified atom stereocenters. The Kier molecular flexibility index (Phi) is 24.0. The van der Waals surface area contributed by atoms with Gasteiger partial charge in [-0.05, 0) is 262 Å². The Labute approximate surface area is 879 Å². The second-order valence-electron chi connectivity index (χ2n) is 32.5. The van der Waals surface area contributed by atoms with Gasteiger partial charge in [0.1, 0.15) is 46.5 Å². The predicted octanol–water partition coefficient (Wildman–Crippen LogP) is 27.6. The van der Waals surface area contributed by atoms with Crippen LogP contribution in [0.25, 0.3) is 268 Å². The van der Waals surface area contributed by atoms with E-state index in [-0.39, 0.29) is 193 Å². The summed E-state index contributed by atoms with van der Waals surface area (Å²) in [7, 11) is 0. The zero-order chi connectivity index (χ0) is 99.5. The molecule has 6 aliphatic rings. The van der Waals surface area contributed by atoms with Crippen LogP contribution in [0.3, 0.4) is 0 Å². The van der Waals surface area contributed by atoms with Gasteiger partial charge in [-0.25, -0.2) is 100 Å². The minimum Gasteiger partial charge on any atom is -0.435 e. The summed E-state index contributed by atoms with van der Waals surface area (Å²) >= 11 is 53.0. The van der Waals surface area contributed by atoms with E-state index in [1.54, 1.807) is 54.6 Å². The molecular weight excluding hydrogens is 2260 g/mol. The largest absolute Gasteiger partial charge is 2.00 e. The molecule has 12 aromatic carbocycles. The standard InChI is InChI=1S/C33H9Cl8N7.2C33H9F8N7.2Cu.Zn/c3*34-14-1-2-15(35)25-24(14)23-9-22-10-5-18(38)19(39)6-11(10)28(42-22)45-32-26-16(36)3-4-17(37)27(26)33(48-32)47-30-13-8-21(41)20(40)7-12(13)29(44-30)46-31(25)43-23;;;/h3*1-9H;;;/q3*-2;3*+2. The second kappa shape index (κ2) is 36.1. The van der Waals surface area contributed by atoms with Crippen LogP contribution in [0.1, 0.15) is 0 Å². The number of benzene rings is 12. The van der Waals surface area contributed by atoms with Gasteiger partial charge in [0.05, 0.1) is 132 Å². The fourth-order valence-electron chi connectivity index (χ4n) is 17.7. The summed E-state index contributed by atoms with van der Waals surface area (Å²) < 4.78 is 239. The Hall–Kier alpha value is -14.2. The molecule has 0 saturated carbocycles. The van der Waals surface area contributed by atoms with E-state index < -0.39 is 161 Å². The molecule has 0 spiro atoms. The van der Waals surface area contributed by atoms with Crippen LogP contribution in [0.15, 0.2) is 164 Å². The van der Waals surface area contributed by atoms with Crippen LogP contribution in [-0.4, -0.2) is 74.8 Å². The summed E-state index contributed by atoms with van der Waals surface area (Å²) in [4.78, 5) is 93.8. The zero-order valence-electron chi connectivity index (χ0n) is 71.4. The third-order valence-electron chi connectivity index (χ3n) is 24.1. The molecule has 0 fully saturated rings. The molecule has 0 saturated heterocycles. The average Bonchev–Trinajstić information content (AvgIpc) is 1.59. The Morgan fingerprint density at radius 1 is 0.150 bits per heavy atom. The number of halogens is 24. The molecule has 0 N–H and O–H groups in total. The maximum absolute atomic E-state index is 15.3. The fraction of sp³-hybridized carbons (Fsp3) is 0. The minimum atomic E-state index is -1.30. The van der Waals surface area contributed by atoms with E-state index in [9.17, 15) is 35.1 Å². The SMILES string of the molecule is Clc1cc2c3cc4nc(nc5[n-]c(nc6nc(nc([n-]3)c2cc1Cl)-c1c(Cl)ccc(Cl)c1-6)c1cc(Cl)c(Cl)cc51)-c1c(Cl)ccc(Cl)c1-4.Fc1cc2c3cc4nc(nc5[n-]c(nc6nc(nc([n-]3)c2cc1F)-c1c(F)ccc(F)c1-6)c1cc(F)c(F)cc51)-c1c(F)ccc(F)c1-4.Fc1cc2c3cc4nc(nc5[n-]c(nc6nc(nc([n-]3)c2cc1F)-c1c(F)ccc(F)c1-6)c1cc(F)c(F)cc51)-c1c(F)ccc(F)c1-4.[Cu+2].[Cu+2].[Zn+2]. The summed E-state index contributed by atoms with van der Waals surface area (Å²) in [5, 5.41) is 4.37. The first kappa shape index (κ1) is 97.5. The summed E-state index contributed by atoms with van der Waals surface area (Å²) in [6, 6.07) is 30.3. The van der Waals surface area contributed by atoms with Crippen LogP contribution in [0.2, 0.25) is 40.2 Å². The Morgan fingerprint density at radius 2 is 0.313 bits per heavy atom. The van der Waals surface area contributed by atoms with Crippen molar-refractivity contribution in [3.63, 3.8) is 0 Å². The number of nitrogens with zero attached hydrogens (tertiary/aromatic N) is 21. The molecule has 21 nitrogen and oxygen atoms in total. The van der Waals surface area contributed by atoms with Gasteiger partial charge in [0.25, 0.3) is 0 Å².